The zero-order valence-corrected chi connectivity index (χ0v) is 21.1. The van der Waals surface area contributed by atoms with Gasteiger partial charge in [0, 0.05) is 16.8 Å². The van der Waals surface area contributed by atoms with Gasteiger partial charge in [-0.1, -0.05) is 68.8 Å². The molecule has 33 heavy (non-hydrogen) atoms. The quantitative estimate of drug-likeness (QED) is 0.262. The molecule has 4 aromatic heterocycles. The van der Waals surface area contributed by atoms with Crippen LogP contribution in [-0.2, 0) is 32.7 Å². The molecule has 0 amide bonds. The van der Waals surface area contributed by atoms with E-state index in [-0.39, 0.29) is 26.8 Å². The Labute approximate surface area is 205 Å². The first-order valence-corrected chi connectivity index (χ1v) is 10.2. The fourth-order valence-electron chi connectivity index (χ4n) is 3.68. The number of nitrogens with zero attached hydrogens (tertiary/aromatic N) is 4. The van der Waals surface area contributed by atoms with Crippen LogP contribution in [0.5, 0.6) is 0 Å². The number of aryl methyl sites for hydroxylation is 1. The largest absolute Gasteiger partial charge is 2.00 e. The van der Waals surface area contributed by atoms with Crippen LogP contribution in [0, 0.1) is 33.2 Å². The van der Waals surface area contributed by atoms with Crippen molar-refractivity contribution in [1.29, 1.82) is 0 Å². The van der Waals surface area contributed by atoms with Crippen molar-refractivity contribution in [2.45, 2.75) is 46.2 Å². The molecule has 0 N–H and O–H groups in total. The van der Waals surface area contributed by atoms with E-state index in [9.17, 15) is 13.2 Å². The van der Waals surface area contributed by atoms with Crippen LogP contribution in [0.4, 0.5) is 13.2 Å². The number of pyridine rings is 2. The van der Waals surface area contributed by atoms with Crippen LogP contribution in [0.25, 0.3) is 11.6 Å². The van der Waals surface area contributed by atoms with E-state index in [2.05, 4.69) is 17.4 Å². The molecule has 0 aliphatic heterocycles. The first-order chi connectivity index (χ1) is 15.0. The summed E-state index contributed by atoms with van der Waals surface area (Å²) in [5, 5.41) is 0. The molecule has 0 aliphatic carbocycles. The van der Waals surface area contributed by atoms with E-state index in [0.717, 1.165) is 28.8 Å². The molecule has 4 rings (SSSR count). The van der Waals surface area contributed by atoms with Gasteiger partial charge < -0.3 is 9.13 Å². The van der Waals surface area contributed by atoms with E-state index in [0.29, 0.717) is 11.5 Å². The minimum Gasteiger partial charge on any atom is -0.433 e. The molecule has 0 atom stereocenters. The van der Waals surface area contributed by atoms with Crippen molar-refractivity contribution >= 4 is 0 Å². The third-order valence-corrected chi connectivity index (χ3v) is 5.89. The Morgan fingerprint density at radius 1 is 0.758 bits per heavy atom. The second-order valence-electron chi connectivity index (χ2n) is 8.37. The zero-order valence-electron chi connectivity index (χ0n) is 18.9. The monoisotopic (exact) mass is 631 g/mol. The van der Waals surface area contributed by atoms with Crippen molar-refractivity contribution in [3.05, 3.63) is 94.8 Å². The second kappa shape index (κ2) is 8.94. The maximum atomic E-state index is 13.2. The SMILES string of the molecule is Cc1c[c-]n(-c2cccc(C(C)(C)c3cccc(-n4[c-]cc(C(F)(F)F)c4C)n3)n2)c1C.[Pt+2]. The van der Waals surface area contributed by atoms with Crippen molar-refractivity contribution < 1.29 is 34.2 Å². The molecule has 0 saturated heterocycles. The van der Waals surface area contributed by atoms with Crippen molar-refractivity contribution in [2.24, 2.45) is 0 Å². The molecule has 0 saturated carbocycles. The molecule has 4 nitrogen and oxygen atoms in total. The minimum absolute atomic E-state index is 0. The van der Waals surface area contributed by atoms with Gasteiger partial charge in [0.2, 0.25) is 0 Å². The molecule has 4 aromatic rings. The summed E-state index contributed by atoms with van der Waals surface area (Å²) in [5.74, 6) is 1.13. The van der Waals surface area contributed by atoms with Crippen molar-refractivity contribution in [1.82, 2.24) is 19.1 Å². The fourth-order valence-corrected chi connectivity index (χ4v) is 3.68. The summed E-state index contributed by atoms with van der Waals surface area (Å²) in [4.78, 5) is 9.53. The first-order valence-electron chi connectivity index (χ1n) is 10.2. The van der Waals surface area contributed by atoms with Gasteiger partial charge in [-0.15, -0.1) is 17.7 Å². The maximum Gasteiger partial charge on any atom is 2.00 e. The van der Waals surface area contributed by atoms with Crippen LogP contribution in [-0.4, -0.2) is 19.1 Å². The molecule has 0 unspecified atom stereocenters. The molecule has 0 fully saturated rings. The average Bonchev–Trinajstić information content (AvgIpc) is 3.30. The Hall–Kier alpha value is -2.66. The number of rotatable bonds is 4. The molecule has 4 heterocycles. The molecule has 0 aliphatic rings. The Morgan fingerprint density at radius 3 is 1.67 bits per heavy atom. The summed E-state index contributed by atoms with van der Waals surface area (Å²) < 4.78 is 42.9. The normalized spacial score (nSPS) is 12.0. The van der Waals surface area contributed by atoms with Crippen LogP contribution in [0.15, 0.2) is 48.5 Å². The van der Waals surface area contributed by atoms with Gasteiger partial charge in [-0.05, 0) is 31.5 Å². The smallest absolute Gasteiger partial charge is 0.433 e. The van der Waals surface area contributed by atoms with Gasteiger partial charge in [-0.2, -0.15) is 13.2 Å². The van der Waals surface area contributed by atoms with Crippen LogP contribution in [0.1, 0.15) is 47.8 Å². The predicted molar refractivity (Wildman–Crippen MR) is 116 cm³/mol. The summed E-state index contributed by atoms with van der Waals surface area (Å²) in [6.07, 6.45) is 1.43. The average molecular weight is 632 g/mol. The van der Waals surface area contributed by atoms with E-state index in [1.165, 1.54) is 11.5 Å². The van der Waals surface area contributed by atoms with Gasteiger partial charge in [-0.25, -0.2) is 0 Å². The van der Waals surface area contributed by atoms with Crippen LogP contribution < -0.4 is 0 Å². The van der Waals surface area contributed by atoms with Gasteiger partial charge in [-0.3, -0.25) is 9.97 Å². The van der Waals surface area contributed by atoms with Crippen molar-refractivity contribution in [3.63, 3.8) is 0 Å². The summed E-state index contributed by atoms with van der Waals surface area (Å²) in [6, 6.07) is 14.0. The molecule has 0 radical (unpaired) electrons. The topological polar surface area (TPSA) is 35.6 Å². The van der Waals surface area contributed by atoms with E-state index < -0.39 is 17.2 Å². The maximum absolute atomic E-state index is 13.2. The number of halogens is 3. The van der Waals surface area contributed by atoms with E-state index in [1.54, 1.807) is 12.1 Å². The molecule has 0 bridgehead atoms. The Balaban J connectivity index is 0.00000306. The molecule has 8 heteroatoms. The summed E-state index contributed by atoms with van der Waals surface area (Å²) in [6.45, 7) is 9.45. The Kier molecular flexibility index (Phi) is 6.76. The number of hydrogen-bond donors (Lipinski definition) is 0. The van der Waals surface area contributed by atoms with Gasteiger partial charge >= 0.3 is 27.2 Å². The standard InChI is InChI=1S/C25H23F3N4.Pt/c1-16-12-14-31(17(16)2)22-10-6-8-20(29-22)24(4,5)21-9-7-11-23(30-21)32-15-13-19(18(32)3)25(26,27)28;/h6-13H,1-5H3;/q-2;+2. The first kappa shape index (κ1) is 25.0. The zero-order chi connectivity index (χ0) is 23.3. The van der Waals surface area contributed by atoms with Crippen molar-refractivity contribution in [3.8, 4) is 11.6 Å². The van der Waals surface area contributed by atoms with Crippen LogP contribution >= 0.6 is 0 Å². The Bertz CT molecular complexity index is 1290. The van der Waals surface area contributed by atoms with E-state index >= 15 is 0 Å². The number of aromatic nitrogens is 4. The van der Waals surface area contributed by atoms with Crippen molar-refractivity contribution in [2.75, 3.05) is 0 Å². The molecule has 0 spiro atoms. The molecular formula is C25H23F3N4Pt. The van der Waals surface area contributed by atoms with Gasteiger partial charge in [0.05, 0.1) is 11.6 Å². The van der Waals surface area contributed by atoms with Gasteiger partial charge in [0.1, 0.15) is 0 Å². The summed E-state index contributed by atoms with van der Waals surface area (Å²) in [5.41, 5.74) is 2.42. The third-order valence-electron chi connectivity index (χ3n) is 5.89. The molecule has 174 valence electrons. The van der Waals surface area contributed by atoms with Gasteiger partial charge in [0.15, 0.2) is 0 Å². The predicted octanol–water partition coefficient (Wildman–Crippen LogP) is 5.93. The minimum atomic E-state index is -4.43. The van der Waals surface area contributed by atoms with E-state index in [1.807, 2.05) is 62.6 Å². The summed E-state index contributed by atoms with van der Waals surface area (Å²) in [7, 11) is 0. The van der Waals surface area contributed by atoms with Crippen LogP contribution in [0.2, 0.25) is 0 Å². The van der Waals surface area contributed by atoms with Crippen LogP contribution in [0.3, 0.4) is 0 Å². The number of hydrogen-bond acceptors (Lipinski definition) is 2. The second-order valence-corrected chi connectivity index (χ2v) is 8.37. The molecule has 0 aromatic carbocycles. The number of alkyl halides is 3. The van der Waals surface area contributed by atoms with E-state index in [4.69, 9.17) is 4.98 Å². The third kappa shape index (κ3) is 4.56. The Morgan fingerprint density at radius 2 is 1.24 bits per heavy atom. The summed E-state index contributed by atoms with van der Waals surface area (Å²) >= 11 is 0. The van der Waals surface area contributed by atoms with Gasteiger partial charge in [0.25, 0.3) is 0 Å². The molecular weight excluding hydrogens is 608 g/mol. The fraction of sp³-hybridized carbons (Fsp3) is 0.280.